The van der Waals surface area contributed by atoms with Gasteiger partial charge in [-0.15, -0.1) is 0 Å². The molecule has 0 spiro atoms. The standard InChI is InChI=1S/C25H24O8/c1-5-25(6-2,23(30)32-21(28)19-11-7-17(8-12-19)15(3)26)24(31)33-22(29)20-13-9-18(10-14-20)16(4)27/h7-14H,5-6H2,1-4H3. The van der Waals surface area contributed by atoms with Crippen molar-refractivity contribution in [1.82, 2.24) is 0 Å². The van der Waals surface area contributed by atoms with Crippen LogP contribution >= 0.6 is 0 Å². The van der Waals surface area contributed by atoms with E-state index in [-0.39, 0.29) is 35.5 Å². The van der Waals surface area contributed by atoms with E-state index in [0.717, 1.165) is 0 Å². The Kier molecular flexibility index (Phi) is 8.12. The third-order valence-corrected chi connectivity index (χ3v) is 5.41. The lowest BCUT2D eigenvalue weighted by atomic mass is 9.82. The largest absolute Gasteiger partial charge is 0.389 e. The first-order valence-electron chi connectivity index (χ1n) is 10.3. The second-order valence-electron chi connectivity index (χ2n) is 7.41. The highest BCUT2D eigenvalue weighted by Gasteiger charge is 2.48. The van der Waals surface area contributed by atoms with Crippen molar-refractivity contribution in [2.24, 2.45) is 5.41 Å². The summed E-state index contributed by atoms with van der Waals surface area (Å²) in [6.45, 7) is 5.81. The summed E-state index contributed by atoms with van der Waals surface area (Å²) in [6, 6.07) is 11.0. The van der Waals surface area contributed by atoms with E-state index in [1.807, 2.05) is 0 Å². The fourth-order valence-electron chi connectivity index (χ4n) is 3.07. The molecule has 0 saturated heterocycles. The number of rotatable bonds is 8. The van der Waals surface area contributed by atoms with E-state index < -0.39 is 29.3 Å². The molecule has 2 aromatic carbocycles. The van der Waals surface area contributed by atoms with Crippen LogP contribution in [0.5, 0.6) is 0 Å². The minimum atomic E-state index is -1.87. The van der Waals surface area contributed by atoms with Gasteiger partial charge in [0.25, 0.3) is 0 Å². The molecule has 8 heteroatoms. The Hall–Kier alpha value is -3.94. The fourth-order valence-corrected chi connectivity index (χ4v) is 3.07. The van der Waals surface area contributed by atoms with Crippen LogP contribution in [0.2, 0.25) is 0 Å². The highest BCUT2D eigenvalue weighted by molar-refractivity contribution is 6.10. The van der Waals surface area contributed by atoms with Crippen LogP contribution in [-0.4, -0.2) is 35.4 Å². The summed E-state index contributed by atoms with van der Waals surface area (Å²) >= 11 is 0. The zero-order chi connectivity index (χ0) is 24.8. The van der Waals surface area contributed by atoms with Crippen molar-refractivity contribution < 1.29 is 38.2 Å². The molecule has 0 unspecified atom stereocenters. The number of carbonyl (C=O) groups excluding carboxylic acids is 6. The van der Waals surface area contributed by atoms with Gasteiger partial charge in [0, 0.05) is 11.1 Å². The predicted molar refractivity (Wildman–Crippen MR) is 117 cm³/mol. The van der Waals surface area contributed by atoms with Crippen LogP contribution in [0, 0.1) is 5.41 Å². The van der Waals surface area contributed by atoms with Crippen molar-refractivity contribution in [3.05, 3.63) is 70.8 Å². The van der Waals surface area contributed by atoms with Gasteiger partial charge < -0.3 is 9.47 Å². The third-order valence-electron chi connectivity index (χ3n) is 5.41. The normalized spacial score (nSPS) is 10.8. The van der Waals surface area contributed by atoms with Crippen molar-refractivity contribution in [2.45, 2.75) is 40.5 Å². The number of benzene rings is 2. The monoisotopic (exact) mass is 452 g/mol. The van der Waals surface area contributed by atoms with Crippen molar-refractivity contribution >= 4 is 35.4 Å². The summed E-state index contributed by atoms with van der Waals surface area (Å²) < 4.78 is 9.84. The molecule has 0 aliphatic heterocycles. The number of carbonyl (C=O) groups is 6. The average Bonchev–Trinajstić information content (AvgIpc) is 2.80. The van der Waals surface area contributed by atoms with E-state index in [4.69, 9.17) is 9.47 Å². The molecule has 0 saturated carbocycles. The number of hydrogen-bond donors (Lipinski definition) is 0. The fraction of sp³-hybridized carbons (Fsp3) is 0.280. The molecule has 0 atom stereocenters. The second kappa shape index (κ2) is 10.6. The molecule has 0 fully saturated rings. The Morgan fingerprint density at radius 3 is 1.09 bits per heavy atom. The number of Topliss-reactive ketones (excluding diaryl/α,β-unsaturated/α-hetero) is 2. The zero-order valence-corrected chi connectivity index (χ0v) is 18.8. The topological polar surface area (TPSA) is 121 Å². The summed E-state index contributed by atoms with van der Waals surface area (Å²) in [5, 5.41) is 0. The van der Waals surface area contributed by atoms with Gasteiger partial charge in [0.2, 0.25) is 0 Å². The zero-order valence-electron chi connectivity index (χ0n) is 18.8. The summed E-state index contributed by atoms with van der Waals surface area (Å²) in [4.78, 5) is 73.1. The van der Waals surface area contributed by atoms with Crippen molar-refractivity contribution in [3.63, 3.8) is 0 Å². The van der Waals surface area contributed by atoms with Gasteiger partial charge in [-0.3, -0.25) is 19.2 Å². The number of esters is 4. The lowest BCUT2D eigenvalue weighted by Gasteiger charge is -2.25. The number of ketones is 2. The molecule has 0 radical (unpaired) electrons. The molecule has 0 amide bonds. The first kappa shape index (κ1) is 25.3. The number of hydrogen-bond acceptors (Lipinski definition) is 8. The van der Waals surface area contributed by atoms with Crippen molar-refractivity contribution in [1.29, 1.82) is 0 Å². The molecule has 0 aliphatic rings. The maximum absolute atomic E-state index is 12.8. The Balaban J connectivity index is 2.17. The van der Waals surface area contributed by atoms with Crippen LogP contribution in [0.1, 0.15) is 82.0 Å². The molecule has 0 bridgehead atoms. The highest BCUT2D eigenvalue weighted by atomic mass is 16.6. The van der Waals surface area contributed by atoms with Crippen LogP contribution in [0.25, 0.3) is 0 Å². The van der Waals surface area contributed by atoms with Gasteiger partial charge in [-0.2, -0.15) is 0 Å². The van der Waals surface area contributed by atoms with Gasteiger partial charge in [-0.05, 0) is 51.0 Å². The molecule has 0 aliphatic carbocycles. The molecule has 2 rings (SSSR count). The van der Waals surface area contributed by atoms with Gasteiger partial charge in [0.15, 0.2) is 17.0 Å². The smallest absolute Gasteiger partial charge is 0.345 e. The minimum Gasteiger partial charge on any atom is -0.389 e. The Labute approximate surface area is 190 Å². The van der Waals surface area contributed by atoms with E-state index in [9.17, 15) is 28.8 Å². The Morgan fingerprint density at radius 1 is 0.576 bits per heavy atom. The Morgan fingerprint density at radius 2 is 0.848 bits per heavy atom. The first-order valence-corrected chi connectivity index (χ1v) is 10.3. The Bertz CT molecular complexity index is 1000. The average molecular weight is 452 g/mol. The lowest BCUT2D eigenvalue weighted by molar-refractivity contribution is -0.165. The summed E-state index contributed by atoms with van der Waals surface area (Å²) in [5.41, 5.74) is -1.07. The van der Waals surface area contributed by atoms with E-state index >= 15 is 0 Å². The van der Waals surface area contributed by atoms with Crippen LogP contribution in [0.4, 0.5) is 0 Å². The highest BCUT2D eigenvalue weighted by Crippen LogP contribution is 2.31. The van der Waals surface area contributed by atoms with E-state index in [0.29, 0.717) is 11.1 Å². The molecule has 0 heterocycles. The van der Waals surface area contributed by atoms with Gasteiger partial charge in [0.1, 0.15) is 0 Å². The van der Waals surface area contributed by atoms with Crippen molar-refractivity contribution in [3.8, 4) is 0 Å². The van der Waals surface area contributed by atoms with Crippen LogP contribution < -0.4 is 0 Å². The van der Waals surface area contributed by atoms with Crippen LogP contribution in [0.3, 0.4) is 0 Å². The van der Waals surface area contributed by atoms with E-state index in [1.54, 1.807) is 0 Å². The van der Waals surface area contributed by atoms with E-state index in [1.165, 1.54) is 76.2 Å². The van der Waals surface area contributed by atoms with Gasteiger partial charge >= 0.3 is 23.9 Å². The first-order chi connectivity index (χ1) is 15.5. The molecule has 8 nitrogen and oxygen atoms in total. The summed E-state index contributed by atoms with van der Waals surface area (Å²) in [6.07, 6.45) is -0.150. The van der Waals surface area contributed by atoms with Crippen LogP contribution in [-0.2, 0) is 19.1 Å². The molecule has 33 heavy (non-hydrogen) atoms. The van der Waals surface area contributed by atoms with Crippen LogP contribution in [0.15, 0.2) is 48.5 Å². The van der Waals surface area contributed by atoms with E-state index in [2.05, 4.69) is 0 Å². The maximum atomic E-state index is 12.8. The molecular formula is C25H24O8. The summed E-state index contributed by atoms with van der Waals surface area (Å²) in [7, 11) is 0. The molecule has 2 aromatic rings. The molecular weight excluding hydrogens is 428 g/mol. The number of ether oxygens (including phenoxy) is 2. The quantitative estimate of drug-likeness (QED) is 0.335. The summed E-state index contributed by atoms with van der Waals surface area (Å²) in [5.74, 6) is -4.66. The SMILES string of the molecule is CCC(CC)(C(=O)OC(=O)c1ccc(C(C)=O)cc1)C(=O)OC(=O)c1ccc(C(C)=O)cc1. The predicted octanol–water partition coefficient (Wildman–Crippen LogP) is 3.97. The van der Waals surface area contributed by atoms with Gasteiger partial charge in [0.05, 0.1) is 11.1 Å². The second-order valence-corrected chi connectivity index (χ2v) is 7.41. The van der Waals surface area contributed by atoms with Gasteiger partial charge in [-0.25, -0.2) is 9.59 Å². The molecule has 172 valence electrons. The third kappa shape index (κ3) is 5.65. The maximum Gasteiger partial charge on any atom is 0.345 e. The lowest BCUT2D eigenvalue weighted by Crippen LogP contribution is -2.42. The minimum absolute atomic E-state index is 0.0180. The van der Waals surface area contributed by atoms with Gasteiger partial charge in [-0.1, -0.05) is 38.1 Å². The molecule has 0 N–H and O–H groups in total. The molecule has 0 aromatic heterocycles. The van der Waals surface area contributed by atoms with Crippen molar-refractivity contribution in [2.75, 3.05) is 0 Å².